The Hall–Kier alpha value is -4.53. The van der Waals surface area contributed by atoms with Gasteiger partial charge in [0.2, 0.25) is 6.10 Å². The third-order valence-electron chi connectivity index (χ3n) is 6.45. The minimum Gasteiger partial charge on any atom is -0.485 e. The number of rotatable bonds is 7. The molecule has 0 saturated heterocycles. The van der Waals surface area contributed by atoms with Crippen molar-refractivity contribution in [2.24, 2.45) is 0 Å². The standard InChI is InChI=1S/C29H28FN3O5/c1-3-32(4-2)29(35)38-25-14-13-22-21(15-16-33(22)17-19-9-11-20(30)12-10-19)27(25)31-28(34)26-18-36-23-7-5-6-8-24(23)37-26/h5-16,26H,3-4,17-18H2,1-2H3,(H,31,34)/t26-/m0/s1. The number of anilines is 1. The number of aromatic nitrogens is 1. The van der Waals surface area contributed by atoms with E-state index in [0.29, 0.717) is 42.2 Å². The van der Waals surface area contributed by atoms with Crippen LogP contribution in [0.2, 0.25) is 0 Å². The van der Waals surface area contributed by atoms with Gasteiger partial charge in [-0.1, -0.05) is 24.3 Å². The zero-order chi connectivity index (χ0) is 26.6. The van der Waals surface area contributed by atoms with E-state index in [1.165, 1.54) is 12.1 Å². The highest BCUT2D eigenvalue weighted by Crippen LogP contribution is 2.36. The van der Waals surface area contributed by atoms with Crippen LogP contribution in [0, 0.1) is 5.82 Å². The number of ether oxygens (including phenoxy) is 3. The Morgan fingerprint density at radius 1 is 1.03 bits per heavy atom. The first-order valence-corrected chi connectivity index (χ1v) is 12.5. The van der Waals surface area contributed by atoms with Crippen LogP contribution in [-0.4, -0.2) is 47.3 Å². The van der Waals surface area contributed by atoms with Crippen LogP contribution < -0.4 is 19.5 Å². The highest BCUT2D eigenvalue weighted by atomic mass is 19.1. The molecule has 2 amide bonds. The topological polar surface area (TPSA) is 82.0 Å². The van der Waals surface area contributed by atoms with Crippen molar-refractivity contribution in [3.63, 3.8) is 0 Å². The Balaban J connectivity index is 1.47. The molecule has 0 radical (unpaired) electrons. The number of nitrogens with one attached hydrogen (secondary N) is 1. The Labute approximate surface area is 219 Å². The molecule has 0 fully saturated rings. The molecule has 1 aromatic heterocycles. The number of hydrogen-bond donors (Lipinski definition) is 1. The van der Waals surface area contributed by atoms with Crippen molar-refractivity contribution in [1.29, 1.82) is 0 Å². The van der Waals surface area contributed by atoms with Gasteiger partial charge in [0.15, 0.2) is 17.2 Å². The fourth-order valence-corrected chi connectivity index (χ4v) is 4.38. The SMILES string of the molecule is CCN(CC)C(=O)Oc1ccc2c(ccn2Cc2ccc(F)cc2)c1NC(=O)[C@@H]1COc2ccccc2O1. The minimum absolute atomic E-state index is 0.0406. The lowest BCUT2D eigenvalue weighted by atomic mass is 10.1. The molecule has 2 heterocycles. The molecule has 3 aromatic carbocycles. The van der Waals surface area contributed by atoms with Crippen LogP contribution in [0.4, 0.5) is 14.9 Å². The molecule has 5 rings (SSSR count). The quantitative estimate of drug-likeness (QED) is 0.353. The number of hydrogen-bond acceptors (Lipinski definition) is 5. The summed E-state index contributed by atoms with van der Waals surface area (Å²) in [5.41, 5.74) is 2.07. The summed E-state index contributed by atoms with van der Waals surface area (Å²) in [6.07, 6.45) is 0.463. The molecule has 0 bridgehead atoms. The van der Waals surface area contributed by atoms with Crippen LogP contribution in [0.5, 0.6) is 17.2 Å². The number of fused-ring (bicyclic) bond motifs is 2. The van der Waals surface area contributed by atoms with E-state index in [1.807, 2.05) is 42.8 Å². The van der Waals surface area contributed by atoms with Crippen molar-refractivity contribution in [2.45, 2.75) is 26.5 Å². The summed E-state index contributed by atoms with van der Waals surface area (Å²) in [5, 5.41) is 3.60. The van der Waals surface area contributed by atoms with E-state index in [1.54, 1.807) is 41.3 Å². The molecule has 9 heteroatoms. The van der Waals surface area contributed by atoms with Crippen LogP contribution in [0.1, 0.15) is 19.4 Å². The molecule has 38 heavy (non-hydrogen) atoms. The predicted octanol–water partition coefficient (Wildman–Crippen LogP) is 5.45. The molecule has 0 saturated carbocycles. The molecular formula is C29H28FN3O5. The van der Waals surface area contributed by atoms with E-state index in [-0.39, 0.29) is 18.2 Å². The Morgan fingerprint density at radius 2 is 1.76 bits per heavy atom. The predicted molar refractivity (Wildman–Crippen MR) is 141 cm³/mol. The lowest BCUT2D eigenvalue weighted by molar-refractivity contribution is -0.125. The zero-order valence-electron chi connectivity index (χ0n) is 21.1. The van der Waals surface area contributed by atoms with Crippen molar-refractivity contribution in [3.8, 4) is 17.2 Å². The van der Waals surface area contributed by atoms with Gasteiger partial charge in [-0.25, -0.2) is 9.18 Å². The van der Waals surface area contributed by atoms with E-state index in [2.05, 4.69) is 5.32 Å². The van der Waals surface area contributed by atoms with Crippen molar-refractivity contribution in [1.82, 2.24) is 9.47 Å². The second-order valence-electron chi connectivity index (χ2n) is 8.84. The Morgan fingerprint density at radius 3 is 2.50 bits per heavy atom. The summed E-state index contributed by atoms with van der Waals surface area (Å²) in [4.78, 5) is 27.6. The monoisotopic (exact) mass is 517 g/mol. The van der Waals surface area contributed by atoms with Crippen LogP contribution in [0.15, 0.2) is 72.9 Å². The number of carbonyl (C=O) groups excluding carboxylic acids is 2. The van der Waals surface area contributed by atoms with Crippen molar-refractivity contribution < 1.29 is 28.2 Å². The van der Waals surface area contributed by atoms with E-state index in [4.69, 9.17) is 14.2 Å². The second-order valence-corrected chi connectivity index (χ2v) is 8.84. The maximum Gasteiger partial charge on any atom is 0.415 e. The van der Waals surface area contributed by atoms with Crippen LogP contribution in [-0.2, 0) is 11.3 Å². The molecule has 1 aliphatic heterocycles. The lowest BCUT2D eigenvalue weighted by Crippen LogP contribution is -2.40. The lowest BCUT2D eigenvalue weighted by Gasteiger charge is -2.26. The number of nitrogens with zero attached hydrogens (tertiary/aromatic N) is 2. The van der Waals surface area contributed by atoms with Gasteiger partial charge in [0, 0.05) is 31.2 Å². The average Bonchev–Trinajstić information content (AvgIpc) is 3.34. The van der Waals surface area contributed by atoms with E-state index >= 15 is 0 Å². The van der Waals surface area contributed by atoms with Crippen molar-refractivity contribution in [2.75, 3.05) is 25.0 Å². The van der Waals surface area contributed by atoms with Crippen molar-refractivity contribution in [3.05, 3.63) is 84.3 Å². The number of halogens is 1. The maximum absolute atomic E-state index is 13.4. The molecule has 4 aromatic rings. The molecule has 8 nitrogen and oxygen atoms in total. The Kier molecular flexibility index (Phi) is 7.17. The van der Waals surface area contributed by atoms with Gasteiger partial charge in [-0.3, -0.25) is 4.79 Å². The minimum atomic E-state index is -0.896. The summed E-state index contributed by atoms with van der Waals surface area (Å²) in [7, 11) is 0. The first-order valence-electron chi connectivity index (χ1n) is 12.5. The molecule has 1 atom stereocenters. The summed E-state index contributed by atoms with van der Waals surface area (Å²) in [6.45, 7) is 5.24. The maximum atomic E-state index is 13.4. The fourth-order valence-electron chi connectivity index (χ4n) is 4.38. The summed E-state index contributed by atoms with van der Waals surface area (Å²) in [6, 6.07) is 18.8. The van der Waals surface area contributed by atoms with Gasteiger partial charge >= 0.3 is 6.09 Å². The third-order valence-corrected chi connectivity index (χ3v) is 6.45. The smallest absolute Gasteiger partial charge is 0.415 e. The number of para-hydroxylation sites is 2. The highest BCUT2D eigenvalue weighted by molar-refractivity contribution is 6.06. The number of carbonyl (C=O) groups is 2. The van der Waals surface area contributed by atoms with Gasteiger partial charge in [-0.2, -0.15) is 0 Å². The number of benzene rings is 3. The van der Waals surface area contributed by atoms with Gasteiger partial charge in [0.25, 0.3) is 5.91 Å². The zero-order valence-corrected chi connectivity index (χ0v) is 21.1. The first-order chi connectivity index (χ1) is 18.5. The van der Waals surface area contributed by atoms with Crippen molar-refractivity contribution >= 4 is 28.6 Å². The second kappa shape index (κ2) is 10.8. The summed E-state index contributed by atoms with van der Waals surface area (Å²) < 4.78 is 32.7. The molecule has 1 aliphatic rings. The van der Waals surface area contributed by atoms with Gasteiger partial charge in [-0.15, -0.1) is 0 Å². The summed E-state index contributed by atoms with van der Waals surface area (Å²) in [5.74, 6) is 0.547. The van der Waals surface area contributed by atoms with Gasteiger partial charge in [-0.05, 0) is 61.9 Å². The molecular weight excluding hydrogens is 489 g/mol. The van der Waals surface area contributed by atoms with E-state index in [0.717, 1.165) is 11.1 Å². The van der Waals surface area contributed by atoms with Gasteiger partial charge < -0.3 is 29.0 Å². The van der Waals surface area contributed by atoms with E-state index < -0.39 is 18.1 Å². The van der Waals surface area contributed by atoms with E-state index in [9.17, 15) is 14.0 Å². The first kappa shape index (κ1) is 25.1. The molecule has 0 spiro atoms. The normalized spacial score (nSPS) is 14.2. The van der Waals surface area contributed by atoms with Gasteiger partial charge in [0.1, 0.15) is 12.4 Å². The van der Waals surface area contributed by atoms with Crippen LogP contribution in [0.25, 0.3) is 10.9 Å². The molecule has 196 valence electrons. The largest absolute Gasteiger partial charge is 0.485 e. The fraction of sp³-hybridized carbons (Fsp3) is 0.241. The van der Waals surface area contributed by atoms with Crippen LogP contribution >= 0.6 is 0 Å². The van der Waals surface area contributed by atoms with Gasteiger partial charge in [0.05, 0.1) is 11.2 Å². The molecule has 1 N–H and O–H groups in total. The van der Waals surface area contributed by atoms with Crippen LogP contribution in [0.3, 0.4) is 0 Å². The average molecular weight is 518 g/mol. The summed E-state index contributed by atoms with van der Waals surface area (Å²) >= 11 is 0. The number of amides is 2. The Bertz CT molecular complexity index is 1460. The highest BCUT2D eigenvalue weighted by Gasteiger charge is 2.29. The molecule has 0 unspecified atom stereocenters. The molecule has 0 aliphatic carbocycles. The third kappa shape index (κ3) is 5.13.